The van der Waals surface area contributed by atoms with Crippen LogP contribution < -0.4 is 0 Å². The topological polar surface area (TPSA) is 17.1 Å². The summed E-state index contributed by atoms with van der Waals surface area (Å²) in [5.74, 6) is 0. The molecular weight excluding hydrogens is 155 g/mol. The molecule has 2 aliphatic heterocycles. The van der Waals surface area contributed by atoms with E-state index in [0.29, 0.717) is 5.66 Å². The van der Waals surface area contributed by atoms with E-state index >= 15 is 0 Å². The fourth-order valence-electron chi connectivity index (χ4n) is 2.61. The Morgan fingerprint density at radius 1 is 0.909 bits per heavy atom. The van der Waals surface area contributed by atoms with Crippen molar-refractivity contribution in [3.05, 3.63) is 0 Å². The molecule has 0 aromatic carbocycles. The van der Waals surface area contributed by atoms with E-state index in [1.54, 1.807) is 0 Å². The molecule has 0 aromatic rings. The molecule has 0 unspecified atom stereocenters. The Morgan fingerprint density at radius 3 is 1.91 bits per heavy atom. The van der Waals surface area contributed by atoms with Gasteiger partial charge in [-0.2, -0.15) is 0 Å². The maximum absolute atomic E-state index is 12.2. The van der Waals surface area contributed by atoms with Gasteiger partial charge in [-0.25, -0.2) is 0 Å². The van der Waals surface area contributed by atoms with Gasteiger partial charge in [-0.3, -0.25) is 0 Å². The van der Waals surface area contributed by atoms with Crippen molar-refractivity contribution in [2.45, 2.75) is 44.2 Å². The molecule has 0 radical (unpaired) electrons. The van der Waals surface area contributed by atoms with E-state index in [-0.39, 0.29) is 0 Å². The zero-order valence-electron chi connectivity index (χ0n) is 7.09. The third kappa shape index (κ3) is 1.40. The third-order valence-electron chi connectivity index (χ3n) is 3.31. The van der Waals surface area contributed by atoms with Crippen LogP contribution in [0.3, 0.4) is 0 Å². The van der Waals surface area contributed by atoms with Crippen molar-refractivity contribution in [2.24, 2.45) is 0 Å². The van der Waals surface area contributed by atoms with Gasteiger partial charge in [-0.15, -0.1) is 0 Å². The van der Waals surface area contributed by atoms with Gasteiger partial charge in [0, 0.05) is 18.0 Å². The summed E-state index contributed by atoms with van der Waals surface area (Å²) in [6.07, 6.45) is 9.88. The van der Waals surface area contributed by atoms with Gasteiger partial charge >= 0.3 is 0 Å². The van der Waals surface area contributed by atoms with Crippen molar-refractivity contribution in [2.75, 3.05) is 12.3 Å². The molecule has 2 heterocycles. The van der Waals surface area contributed by atoms with Crippen LogP contribution in [0.25, 0.3) is 0 Å². The average Bonchev–Trinajstić information content (AvgIpc) is 2.03. The summed E-state index contributed by atoms with van der Waals surface area (Å²) in [5.41, 5.74) is 0.657. The molecule has 0 atom stereocenters. The van der Waals surface area contributed by atoms with Gasteiger partial charge in [0.05, 0.1) is 7.14 Å². The smallest absolute Gasteiger partial charge is 0.0906 e. The van der Waals surface area contributed by atoms with Crippen molar-refractivity contribution in [3.8, 4) is 0 Å². The molecule has 0 aromatic heterocycles. The first-order valence-corrected chi connectivity index (χ1v) is 7.04. The van der Waals surface area contributed by atoms with Crippen LogP contribution in [0.1, 0.15) is 38.5 Å². The van der Waals surface area contributed by atoms with E-state index < -0.39 is 7.14 Å². The number of hydrogen-bond acceptors (Lipinski definition) is 1. The van der Waals surface area contributed by atoms with Gasteiger partial charge in [0.2, 0.25) is 0 Å². The normalized spacial score (nSPS) is 44.9. The van der Waals surface area contributed by atoms with Crippen molar-refractivity contribution < 1.29 is 4.57 Å². The average molecular weight is 172 g/mol. The van der Waals surface area contributed by atoms with Crippen LogP contribution in [0.5, 0.6) is 0 Å². The Kier molecular flexibility index (Phi) is 2.10. The molecule has 1 nitrogen and oxygen atoms in total. The highest BCUT2D eigenvalue weighted by Crippen LogP contribution is 2.60. The summed E-state index contributed by atoms with van der Waals surface area (Å²) in [7, 11) is -1.62. The zero-order chi connectivity index (χ0) is 7.73. The maximum Gasteiger partial charge on any atom is 0.0906 e. The van der Waals surface area contributed by atoms with Gasteiger partial charge in [-0.05, 0) is 25.7 Å². The summed E-state index contributed by atoms with van der Waals surface area (Å²) < 4.78 is 12.2. The lowest BCUT2D eigenvalue weighted by Gasteiger charge is -2.35. The molecule has 2 saturated heterocycles. The van der Waals surface area contributed by atoms with Crippen LogP contribution in [-0.2, 0) is 4.57 Å². The van der Waals surface area contributed by atoms with Gasteiger partial charge in [0.25, 0.3) is 0 Å². The molecule has 0 amide bonds. The van der Waals surface area contributed by atoms with Gasteiger partial charge in [0.15, 0.2) is 0 Å². The van der Waals surface area contributed by atoms with Crippen molar-refractivity contribution in [3.63, 3.8) is 0 Å². The van der Waals surface area contributed by atoms with E-state index in [4.69, 9.17) is 0 Å². The Labute approximate surface area is 68.9 Å². The molecule has 11 heavy (non-hydrogen) atoms. The monoisotopic (exact) mass is 172 g/mol. The fraction of sp³-hybridized carbons (Fsp3) is 1.00. The second-order valence-corrected chi connectivity index (χ2v) is 7.57. The zero-order valence-corrected chi connectivity index (χ0v) is 7.98. The number of rotatable bonds is 0. The lowest BCUT2D eigenvalue weighted by atomic mass is 10.1. The van der Waals surface area contributed by atoms with E-state index in [9.17, 15) is 4.57 Å². The van der Waals surface area contributed by atoms with Crippen molar-refractivity contribution in [1.29, 1.82) is 0 Å². The maximum atomic E-state index is 12.2. The van der Waals surface area contributed by atoms with Crippen LogP contribution in [-0.4, -0.2) is 18.0 Å². The number of hydrogen-bond donors (Lipinski definition) is 0. The first-order chi connectivity index (χ1) is 5.31. The molecule has 64 valence electrons. The quantitative estimate of drug-likeness (QED) is 0.513. The van der Waals surface area contributed by atoms with E-state index in [1.165, 1.54) is 38.5 Å². The first-order valence-electron chi connectivity index (χ1n) is 4.89. The fourth-order valence-corrected chi connectivity index (χ4v) is 6.39. The van der Waals surface area contributed by atoms with Crippen molar-refractivity contribution >= 4 is 7.14 Å². The van der Waals surface area contributed by atoms with E-state index in [1.807, 2.05) is 0 Å². The number of fused-ring (bicyclic) bond motifs is 1. The minimum absolute atomic E-state index is 0.657. The van der Waals surface area contributed by atoms with Crippen molar-refractivity contribution in [1.82, 2.24) is 0 Å². The highest BCUT2D eigenvalue weighted by Gasteiger charge is 2.36. The molecule has 0 bridgehead atoms. The summed E-state index contributed by atoms with van der Waals surface area (Å²) in [5, 5.41) is 0. The van der Waals surface area contributed by atoms with Gasteiger partial charge in [-0.1, -0.05) is 12.8 Å². The second-order valence-electron chi connectivity index (χ2n) is 4.04. The molecule has 2 rings (SSSR count). The predicted molar refractivity (Wildman–Crippen MR) is 48.8 cm³/mol. The Bertz CT molecular complexity index is 172. The summed E-state index contributed by atoms with van der Waals surface area (Å²) in [6, 6.07) is 0. The first kappa shape index (κ1) is 7.86. The Morgan fingerprint density at radius 2 is 1.45 bits per heavy atom. The molecule has 0 saturated carbocycles. The van der Waals surface area contributed by atoms with Crippen LogP contribution >= 0.6 is 7.14 Å². The van der Waals surface area contributed by atoms with Gasteiger partial charge < -0.3 is 4.57 Å². The highest BCUT2D eigenvalue weighted by molar-refractivity contribution is 7.64. The summed E-state index contributed by atoms with van der Waals surface area (Å²) >= 11 is 0. The van der Waals surface area contributed by atoms with Crippen LogP contribution in [0.15, 0.2) is 0 Å². The standard InChI is InChI=1S/C9H17OP/c10-11-7-3-1-5-9(11)6-2-4-8-11/h9H,1-8H2. The Hall–Kier alpha value is 0.230. The molecule has 0 aliphatic carbocycles. The van der Waals surface area contributed by atoms with E-state index in [2.05, 4.69) is 0 Å². The molecule has 2 aliphatic rings. The molecule has 2 fully saturated rings. The SMILES string of the molecule is O=P12CCCCC1CCCC2. The van der Waals surface area contributed by atoms with Crippen LogP contribution in [0.4, 0.5) is 0 Å². The minimum atomic E-state index is -1.62. The molecule has 0 spiro atoms. The predicted octanol–water partition coefficient (Wildman–Crippen LogP) is 3.09. The third-order valence-corrected chi connectivity index (χ3v) is 7.31. The minimum Gasteiger partial charge on any atom is -0.323 e. The summed E-state index contributed by atoms with van der Waals surface area (Å²) in [6.45, 7) is 0. The van der Waals surface area contributed by atoms with Gasteiger partial charge in [0.1, 0.15) is 0 Å². The largest absolute Gasteiger partial charge is 0.323 e. The summed E-state index contributed by atoms with van der Waals surface area (Å²) in [4.78, 5) is 0. The van der Waals surface area contributed by atoms with Crippen LogP contribution in [0, 0.1) is 0 Å². The highest BCUT2D eigenvalue weighted by atomic mass is 31.2. The lowest BCUT2D eigenvalue weighted by molar-refractivity contribution is 0.492. The van der Waals surface area contributed by atoms with Crippen LogP contribution in [0.2, 0.25) is 0 Å². The molecule has 2 heteroatoms. The Balaban J connectivity index is 2.13. The lowest BCUT2D eigenvalue weighted by Crippen LogP contribution is -2.22. The molecule has 0 N–H and O–H groups in total. The molecular formula is C9H17OP. The second kappa shape index (κ2) is 2.94. The van der Waals surface area contributed by atoms with E-state index in [0.717, 1.165) is 12.3 Å².